The molecule has 1 atom stereocenters. The number of aromatic carboxylic acids is 1. The normalized spacial score (nSPS) is 10.9. The maximum atomic E-state index is 13.2. The number of phenolic OH excluding ortho intramolecular Hbond substituents is 2. The molecule has 0 saturated heterocycles. The van der Waals surface area contributed by atoms with Crippen molar-refractivity contribution in [3.63, 3.8) is 0 Å². The van der Waals surface area contributed by atoms with Crippen molar-refractivity contribution in [2.75, 3.05) is 35.5 Å². The van der Waals surface area contributed by atoms with Crippen molar-refractivity contribution >= 4 is 58.3 Å². The molecule has 0 aliphatic heterocycles. The second-order valence-corrected chi connectivity index (χ2v) is 12.7. The molecule has 0 aromatic heterocycles. The number of carboxylic acid groups (broad SMARTS) is 1. The van der Waals surface area contributed by atoms with Crippen molar-refractivity contribution < 1.29 is 58.7 Å². The molecular weight excluding hydrogens is 780 g/mol. The van der Waals surface area contributed by atoms with Gasteiger partial charge in [-0.15, -0.1) is 0 Å². The van der Waals surface area contributed by atoms with Crippen LogP contribution in [-0.2, 0) is 16.0 Å². The van der Waals surface area contributed by atoms with Gasteiger partial charge < -0.3 is 56.5 Å². The van der Waals surface area contributed by atoms with Gasteiger partial charge in [0.15, 0.2) is 23.0 Å². The Hall–Kier alpha value is -8.59. The summed E-state index contributed by atoms with van der Waals surface area (Å²) < 4.78 is 10.3. The molecule has 0 fully saturated rings. The number of phenols is 3. The van der Waals surface area contributed by atoms with E-state index in [9.17, 15) is 54.5 Å². The van der Waals surface area contributed by atoms with E-state index in [0.717, 1.165) is 13.2 Å². The summed E-state index contributed by atoms with van der Waals surface area (Å²) in [5, 5.41) is 62.0. The zero-order chi connectivity index (χ0) is 43.5. The molecule has 0 spiro atoms. The van der Waals surface area contributed by atoms with Gasteiger partial charge in [0, 0.05) is 22.5 Å². The lowest BCUT2D eigenvalue weighted by atomic mass is 10.1. The Morgan fingerprint density at radius 3 is 1.65 bits per heavy atom. The lowest BCUT2D eigenvalue weighted by Crippen LogP contribution is -2.43. The highest BCUT2D eigenvalue weighted by Gasteiger charge is 2.25. The first-order valence-electron chi connectivity index (χ1n) is 17.6. The SMILES string of the molecule is COc1c(NC(=O)c2ccc(NC(=O)c3ccc(NC(=O)[C@H](CC#N)NC(=O)c4ccc(NC(=O)Cc5ccc(O)cc5)cc4)cc3)c(OC)c2O)ccc(C(=O)O)c1O. The Morgan fingerprint density at radius 1 is 0.617 bits per heavy atom. The minimum atomic E-state index is -1.43. The molecule has 18 heteroatoms. The second kappa shape index (κ2) is 19.0. The van der Waals surface area contributed by atoms with Crippen LogP contribution in [0, 0.1) is 11.3 Å². The Kier molecular flexibility index (Phi) is 13.5. The fourth-order valence-corrected chi connectivity index (χ4v) is 5.68. The zero-order valence-electron chi connectivity index (χ0n) is 31.7. The molecule has 306 valence electrons. The van der Waals surface area contributed by atoms with Crippen LogP contribution in [0.5, 0.6) is 28.7 Å². The number of methoxy groups -OCH3 is 2. The van der Waals surface area contributed by atoms with Crippen LogP contribution in [0.15, 0.2) is 97.1 Å². The topological polar surface area (TPSA) is 286 Å². The van der Waals surface area contributed by atoms with Crippen molar-refractivity contribution in [3.05, 3.63) is 125 Å². The number of hydrogen-bond acceptors (Lipinski definition) is 12. The molecule has 60 heavy (non-hydrogen) atoms. The van der Waals surface area contributed by atoms with Crippen molar-refractivity contribution in [1.29, 1.82) is 5.26 Å². The fraction of sp³-hybridized carbons (Fsp3) is 0.119. The highest BCUT2D eigenvalue weighted by Crippen LogP contribution is 2.40. The fourth-order valence-electron chi connectivity index (χ4n) is 5.68. The van der Waals surface area contributed by atoms with Crippen molar-refractivity contribution in [3.8, 4) is 34.8 Å². The summed E-state index contributed by atoms with van der Waals surface area (Å²) >= 11 is 0. The molecule has 0 aliphatic rings. The van der Waals surface area contributed by atoms with Crippen LogP contribution < -0.4 is 36.1 Å². The van der Waals surface area contributed by atoms with Gasteiger partial charge >= 0.3 is 5.97 Å². The standard InChI is InChI=1S/C42H36N6O12/c1-59-36-30(17-15-28(34(36)51)40(55)47-31-18-16-29(42(57)58)35(52)37(31)60-2)46-38(53)23-7-11-26(12-8-23)45-41(56)32(19-20-43)48-39(54)24-5-9-25(10-6-24)44-33(50)21-22-3-13-27(49)14-4-22/h3-18,32,49,51-52H,19,21H2,1-2H3,(H,44,50)(H,45,56)(H,46,53)(H,47,55)(H,48,54)(H,57,58)/t32-/m0/s1. The summed E-state index contributed by atoms with van der Waals surface area (Å²) in [4.78, 5) is 76.1. The van der Waals surface area contributed by atoms with Crippen LogP contribution in [-0.4, -0.2) is 76.2 Å². The lowest BCUT2D eigenvalue weighted by molar-refractivity contribution is -0.118. The van der Waals surface area contributed by atoms with E-state index in [1.54, 1.807) is 12.1 Å². The van der Waals surface area contributed by atoms with Gasteiger partial charge in [0.05, 0.1) is 50.1 Å². The number of benzene rings is 5. The first-order valence-corrected chi connectivity index (χ1v) is 17.6. The van der Waals surface area contributed by atoms with E-state index >= 15 is 0 Å². The maximum absolute atomic E-state index is 13.2. The van der Waals surface area contributed by atoms with Gasteiger partial charge in [0.25, 0.3) is 17.7 Å². The minimum Gasteiger partial charge on any atom is -0.508 e. The Bertz CT molecular complexity index is 2500. The predicted octanol–water partition coefficient (Wildman–Crippen LogP) is 4.86. The van der Waals surface area contributed by atoms with E-state index in [2.05, 4.69) is 26.6 Å². The maximum Gasteiger partial charge on any atom is 0.339 e. The molecule has 9 N–H and O–H groups in total. The van der Waals surface area contributed by atoms with Crippen LogP contribution in [0.2, 0.25) is 0 Å². The van der Waals surface area contributed by atoms with Crippen LogP contribution in [0.25, 0.3) is 0 Å². The van der Waals surface area contributed by atoms with Crippen LogP contribution in [0.1, 0.15) is 53.4 Å². The highest BCUT2D eigenvalue weighted by atomic mass is 16.5. The van der Waals surface area contributed by atoms with Crippen LogP contribution in [0.3, 0.4) is 0 Å². The number of ether oxygens (including phenoxy) is 2. The summed E-state index contributed by atoms with van der Waals surface area (Å²) in [7, 11) is 2.35. The third-order valence-corrected chi connectivity index (χ3v) is 8.71. The average Bonchev–Trinajstić information content (AvgIpc) is 3.22. The van der Waals surface area contributed by atoms with Gasteiger partial charge in [-0.3, -0.25) is 24.0 Å². The summed E-state index contributed by atoms with van der Waals surface area (Å²) in [5.41, 5.74) is 0.724. The average molecular weight is 817 g/mol. The molecule has 5 aromatic carbocycles. The minimum absolute atomic E-state index is 0.0185. The number of aromatic hydroxyl groups is 3. The number of carbonyl (C=O) groups excluding carboxylic acids is 5. The third-order valence-electron chi connectivity index (χ3n) is 8.71. The Balaban J connectivity index is 1.18. The molecule has 5 amide bonds. The zero-order valence-corrected chi connectivity index (χ0v) is 31.7. The van der Waals surface area contributed by atoms with Gasteiger partial charge in [-0.2, -0.15) is 5.26 Å². The molecule has 0 heterocycles. The van der Waals surface area contributed by atoms with Gasteiger partial charge in [0.2, 0.25) is 11.8 Å². The molecule has 0 radical (unpaired) electrons. The number of nitrogens with one attached hydrogen (secondary N) is 5. The van der Waals surface area contributed by atoms with Gasteiger partial charge in [0.1, 0.15) is 17.4 Å². The number of rotatable bonds is 15. The van der Waals surface area contributed by atoms with E-state index in [1.807, 2.05) is 6.07 Å². The molecule has 0 saturated carbocycles. The number of nitrogens with zero attached hydrogens (tertiary/aromatic N) is 1. The summed E-state index contributed by atoms with van der Waals surface area (Å²) in [6.07, 6.45) is -0.304. The second-order valence-electron chi connectivity index (χ2n) is 12.7. The lowest BCUT2D eigenvalue weighted by Gasteiger charge is -2.17. The van der Waals surface area contributed by atoms with E-state index < -0.39 is 52.7 Å². The highest BCUT2D eigenvalue weighted by molar-refractivity contribution is 6.10. The predicted molar refractivity (Wildman–Crippen MR) is 216 cm³/mol. The smallest absolute Gasteiger partial charge is 0.339 e. The van der Waals surface area contributed by atoms with Crippen molar-refractivity contribution in [1.82, 2.24) is 5.32 Å². The monoisotopic (exact) mass is 816 g/mol. The van der Waals surface area contributed by atoms with Crippen molar-refractivity contribution in [2.45, 2.75) is 18.9 Å². The first kappa shape index (κ1) is 42.6. The summed E-state index contributed by atoms with van der Waals surface area (Å²) in [6.45, 7) is 0. The number of carboxylic acids is 1. The van der Waals surface area contributed by atoms with E-state index in [1.165, 1.54) is 86.0 Å². The van der Waals surface area contributed by atoms with E-state index in [0.29, 0.717) is 11.3 Å². The van der Waals surface area contributed by atoms with Gasteiger partial charge in [-0.1, -0.05) is 12.1 Å². The molecule has 5 aromatic rings. The molecule has 0 aliphatic carbocycles. The molecule has 5 rings (SSSR count). The number of carbonyl (C=O) groups is 6. The van der Waals surface area contributed by atoms with Gasteiger partial charge in [-0.25, -0.2) is 4.79 Å². The number of nitriles is 1. The van der Waals surface area contributed by atoms with Crippen LogP contribution >= 0.6 is 0 Å². The quantitative estimate of drug-likeness (QED) is 0.0684. The number of hydrogen-bond donors (Lipinski definition) is 9. The van der Waals surface area contributed by atoms with Crippen molar-refractivity contribution in [2.24, 2.45) is 0 Å². The molecular formula is C42H36N6O12. The first-order chi connectivity index (χ1) is 28.7. The largest absolute Gasteiger partial charge is 0.508 e. The molecule has 0 bridgehead atoms. The molecule has 0 unspecified atom stereocenters. The van der Waals surface area contributed by atoms with Crippen LogP contribution in [0.4, 0.5) is 22.7 Å². The molecule has 18 nitrogen and oxygen atoms in total. The Morgan fingerprint density at radius 2 is 1.12 bits per heavy atom. The summed E-state index contributed by atoms with van der Waals surface area (Å²) in [5.74, 6) is -6.56. The number of anilines is 4. The number of amides is 5. The van der Waals surface area contributed by atoms with E-state index in [-0.39, 0.29) is 69.7 Å². The van der Waals surface area contributed by atoms with E-state index in [4.69, 9.17) is 9.47 Å². The Labute approximate surface area is 341 Å². The third kappa shape index (κ3) is 10.2. The van der Waals surface area contributed by atoms with Gasteiger partial charge in [-0.05, 0) is 90.5 Å². The summed E-state index contributed by atoms with van der Waals surface area (Å²) in [6, 6.07) is 23.0.